The predicted molar refractivity (Wildman–Crippen MR) is 128 cm³/mol. The Bertz CT molecular complexity index is 965. The van der Waals surface area contributed by atoms with Crippen LogP contribution in [0.4, 0.5) is 5.69 Å². The summed E-state index contributed by atoms with van der Waals surface area (Å²) in [6.45, 7) is 5.22. The van der Waals surface area contributed by atoms with E-state index in [1.807, 2.05) is 36.4 Å². The second-order valence-corrected chi connectivity index (χ2v) is 12.5. The van der Waals surface area contributed by atoms with Crippen molar-refractivity contribution >= 4 is 21.4 Å². The third-order valence-electron chi connectivity index (χ3n) is 6.21. The van der Waals surface area contributed by atoms with Gasteiger partial charge in [-0.25, -0.2) is 8.42 Å². The third-order valence-corrected chi connectivity index (χ3v) is 8.79. The molecule has 0 bridgehead atoms. The molecule has 1 saturated carbocycles. The maximum Gasteiger partial charge on any atom is 0.227 e. The highest BCUT2D eigenvalue weighted by Gasteiger charge is 2.28. The van der Waals surface area contributed by atoms with E-state index in [0.717, 1.165) is 49.8 Å². The molecule has 0 spiro atoms. The van der Waals surface area contributed by atoms with Crippen molar-refractivity contribution in [2.75, 3.05) is 5.32 Å². The summed E-state index contributed by atoms with van der Waals surface area (Å²) in [6.07, 6.45) is 7.36. The van der Waals surface area contributed by atoms with Crippen LogP contribution < -0.4 is 5.32 Å². The van der Waals surface area contributed by atoms with Crippen LogP contribution in [0.25, 0.3) is 0 Å². The molecule has 0 heterocycles. The molecule has 3 rings (SSSR count). The normalized spacial score (nSPS) is 15.6. The number of anilines is 1. The maximum absolute atomic E-state index is 12.4. The number of hydrogen-bond donors (Lipinski definition) is 1. The molecular formula is C26H35NO3S. The van der Waals surface area contributed by atoms with Crippen molar-refractivity contribution < 1.29 is 13.2 Å². The van der Waals surface area contributed by atoms with Crippen LogP contribution in [0.5, 0.6) is 0 Å². The van der Waals surface area contributed by atoms with Crippen molar-refractivity contribution in [2.24, 2.45) is 5.92 Å². The van der Waals surface area contributed by atoms with Gasteiger partial charge in [0.2, 0.25) is 5.91 Å². The van der Waals surface area contributed by atoms with Gasteiger partial charge in [0.15, 0.2) is 9.84 Å². The topological polar surface area (TPSA) is 63.2 Å². The highest BCUT2D eigenvalue weighted by atomic mass is 32.2. The first-order chi connectivity index (χ1) is 14.6. The summed E-state index contributed by atoms with van der Waals surface area (Å²) >= 11 is 0. The zero-order valence-corrected chi connectivity index (χ0v) is 19.8. The minimum absolute atomic E-state index is 0.0742. The van der Waals surface area contributed by atoms with Gasteiger partial charge in [-0.2, -0.15) is 0 Å². The lowest BCUT2D eigenvalue weighted by Gasteiger charge is -2.20. The maximum atomic E-state index is 12.4. The second-order valence-electron chi connectivity index (χ2n) is 9.71. The molecule has 0 aliphatic heterocycles. The quantitative estimate of drug-likeness (QED) is 0.599. The van der Waals surface area contributed by atoms with Gasteiger partial charge in [-0.1, -0.05) is 55.7 Å². The average molecular weight is 442 g/mol. The van der Waals surface area contributed by atoms with Gasteiger partial charge in [0.1, 0.15) is 0 Å². The summed E-state index contributed by atoms with van der Waals surface area (Å²) in [5.41, 5.74) is 4.10. The van der Waals surface area contributed by atoms with Crippen molar-refractivity contribution in [3.8, 4) is 0 Å². The smallest absolute Gasteiger partial charge is 0.227 e. The lowest BCUT2D eigenvalue weighted by atomic mass is 9.88. The van der Waals surface area contributed by atoms with E-state index in [4.69, 9.17) is 0 Å². The molecule has 2 aromatic rings. The molecule has 0 saturated heterocycles. The lowest BCUT2D eigenvalue weighted by Crippen LogP contribution is -2.29. The minimum atomic E-state index is -3.17. The molecule has 1 fully saturated rings. The molecule has 0 atom stereocenters. The van der Waals surface area contributed by atoms with Crippen LogP contribution in [0.3, 0.4) is 0 Å². The highest BCUT2D eigenvalue weighted by molar-refractivity contribution is 7.91. The van der Waals surface area contributed by atoms with Gasteiger partial charge in [0.05, 0.1) is 10.5 Å². The van der Waals surface area contributed by atoms with E-state index in [0.29, 0.717) is 0 Å². The number of rotatable bonds is 7. The fourth-order valence-corrected chi connectivity index (χ4v) is 4.95. The van der Waals surface area contributed by atoms with E-state index < -0.39 is 14.6 Å². The fraction of sp³-hybridized carbons (Fsp3) is 0.500. The molecule has 0 aromatic heterocycles. The molecule has 1 N–H and O–H groups in total. The zero-order chi connectivity index (χ0) is 22.5. The Morgan fingerprint density at radius 1 is 0.839 bits per heavy atom. The van der Waals surface area contributed by atoms with Crippen LogP contribution in [0.1, 0.15) is 69.6 Å². The van der Waals surface area contributed by atoms with Gasteiger partial charge in [-0.05, 0) is 75.3 Å². The van der Waals surface area contributed by atoms with Crippen LogP contribution in [0.2, 0.25) is 0 Å². The van der Waals surface area contributed by atoms with Crippen molar-refractivity contribution in [1.82, 2.24) is 0 Å². The van der Waals surface area contributed by atoms with Gasteiger partial charge >= 0.3 is 0 Å². The highest BCUT2D eigenvalue weighted by Crippen LogP contribution is 2.25. The molecule has 1 amide bonds. The first-order valence-electron chi connectivity index (χ1n) is 11.3. The van der Waals surface area contributed by atoms with Crippen LogP contribution >= 0.6 is 0 Å². The van der Waals surface area contributed by atoms with E-state index in [2.05, 4.69) is 17.4 Å². The van der Waals surface area contributed by atoms with E-state index in [1.165, 1.54) is 17.5 Å². The molecular weight excluding hydrogens is 406 g/mol. The average Bonchev–Trinajstić information content (AvgIpc) is 2.74. The number of nitrogens with one attached hydrogen (secondary N) is 1. The van der Waals surface area contributed by atoms with Crippen molar-refractivity contribution in [3.05, 3.63) is 65.2 Å². The molecule has 1 aliphatic carbocycles. The summed E-state index contributed by atoms with van der Waals surface area (Å²) in [5, 5.41) is 3.06. The van der Waals surface area contributed by atoms with E-state index in [9.17, 15) is 13.2 Å². The second kappa shape index (κ2) is 9.99. The Morgan fingerprint density at radius 3 is 1.84 bits per heavy atom. The Hall–Kier alpha value is -2.14. The summed E-state index contributed by atoms with van der Waals surface area (Å²) in [7, 11) is -3.17. The first-order valence-corrected chi connectivity index (χ1v) is 13.0. The van der Waals surface area contributed by atoms with Gasteiger partial charge in [0.25, 0.3) is 0 Å². The Labute approximate surface area is 187 Å². The summed E-state index contributed by atoms with van der Waals surface area (Å²) < 4.78 is 24.0. The fourth-order valence-electron chi connectivity index (χ4n) is 3.89. The lowest BCUT2D eigenvalue weighted by molar-refractivity contribution is -0.120. The van der Waals surface area contributed by atoms with Crippen LogP contribution in [0, 0.1) is 5.92 Å². The standard InChI is InChI=1S/C26H35NO3S/c1-26(2,3)31(29,30)19-22-13-11-20(12-14-22)9-10-21-15-17-24(18-16-21)27-25(28)23-7-5-4-6-8-23/h11-18,23H,4-10,19H2,1-3H3,(H,27,28). The van der Waals surface area contributed by atoms with E-state index in [1.54, 1.807) is 20.8 Å². The Kier molecular flexibility index (Phi) is 7.58. The molecule has 2 aromatic carbocycles. The monoisotopic (exact) mass is 441 g/mol. The Balaban J connectivity index is 1.50. The summed E-state index contributed by atoms with van der Waals surface area (Å²) in [6, 6.07) is 16.0. The third kappa shape index (κ3) is 6.67. The van der Waals surface area contributed by atoms with E-state index in [-0.39, 0.29) is 17.6 Å². The molecule has 4 nitrogen and oxygen atoms in total. The molecule has 5 heteroatoms. The van der Waals surface area contributed by atoms with Gasteiger partial charge < -0.3 is 5.32 Å². The number of amides is 1. The number of carbonyl (C=O) groups excluding carboxylic acids is 1. The summed E-state index contributed by atoms with van der Waals surface area (Å²) in [5.74, 6) is 0.390. The number of hydrogen-bond acceptors (Lipinski definition) is 3. The predicted octanol–water partition coefficient (Wildman–Crippen LogP) is 5.70. The van der Waals surface area contributed by atoms with Crippen molar-refractivity contribution in [3.63, 3.8) is 0 Å². The van der Waals surface area contributed by atoms with Crippen LogP contribution in [-0.2, 0) is 33.2 Å². The minimum Gasteiger partial charge on any atom is -0.326 e. The van der Waals surface area contributed by atoms with Crippen LogP contribution in [0.15, 0.2) is 48.5 Å². The van der Waals surface area contributed by atoms with Crippen LogP contribution in [-0.4, -0.2) is 19.1 Å². The number of benzene rings is 2. The zero-order valence-electron chi connectivity index (χ0n) is 19.0. The number of carbonyl (C=O) groups is 1. The number of aryl methyl sites for hydroxylation is 2. The molecule has 168 valence electrons. The van der Waals surface area contributed by atoms with Crippen molar-refractivity contribution in [1.29, 1.82) is 0 Å². The van der Waals surface area contributed by atoms with Gasteiger partial charge in [-0.15, -0.1) is 0 Å². The summed E-state index contributed by atoms with van der Waals surface area (Å²) in [4.78, 5) is 12.4. The van der Waals surface area contributed by atoms with Crippen molar-refractivity contribution in [2.45, 2.75) is 76.2 Å². The van der Waals surface area contributed by atoms with Gasteiger partial charge in [-0.3, -0.25) is 4.79 Å². The molecule has 0 unspecified atom stereocenters. The molecule has 0 radical (unpaired) electrons. The first kappa shape index (κ1) is 23.5. The largest absolute Gasteiger partial charge is 0.326 e. The molecule has 1 aliphatic rings. The SMILES string of the molecule is CC(C)(C)S(=O)(=O)Cc1ccc(CCc2ccc(NC(=O)C3CCCCC3)cc2)cc1. The number of sulfone groups is 1. The van der Waals surface area contributed by atoms with Gasteiger partial charge in [0, 0.05) is 11.6 Å². The molecule has 31 heavy (non-hydrogen) atoms. The Morgan fingerprint density at radius 2 is 1.32 bits per heavy atom. The van der Waals surface area contributed by atoms with E-state index >= 15 is 0 Å².